The van der Waals surface area contributed by atoms with Gasteiger partial charge < -0.3 is 20.6 Å². The van der Waals surface area contributed by atoms with Crippen LogP contribution in [0.5, 0.6) is 0 Å². The molecule has 0 aromatic carbocycles. The number of aromatic nitrogens is 1. The average molecular weight is 368 g/mol. The monoisotopic (exact) mass is 367 g/mol. The summed E-state index contributed by atoms with van der Waals surface area (Å²) in [5.41, 5.74) is 0.00854. The molecule has 0 bridgehead atoms. The molecule has 8 heteroatoms. The van der Waals surface area contributed by atoms with Gasteiger partial charge in [0.1, 0.15) is 5.60 Å². The summed E-state index contributed by atoms with van der Waals surface area (Å²) in [5.74, 6) is 0.675. The summed E-state index contributed by atoms with van der Waals surface area (Å²) in [6, 6.07) is 3.88. The van der Waals surface area contributed by atoms with Crippen molar-refractivity contribution in [3.8, 4) is 0 Å². The van der Waals surface area contributed by atoms with Gasteiger partial charge in [0, 0.05) is 30.9 Å². The molecule has 0 aliphatic heterocycles. The van der Waals surface area contributed by atoms with Gasteiger partial charge in [0.05, 0.1) is 18.8 Å². The molecule has 0 fully saturated rings. The third-order valence-electron chi connectivity index (χ3n) is 3.32. The number of aliphatic imine (C=N–C) groups is 1. The number of nitrogens with zero attached hydrogens (tertiary/aromatic N) is 3. The zero-order chi connectivity index (χ0) is 17.6. The number of nitrogens with one attached hydrogen (secondary N) is 2. The molecule has 3 N–H and O–H groups in total. The minimum Gasteiger partial charge on any atom is -0.383 e. The zero-order valence-electron chi connectivity index (χ0n) is 14.5. The van der Waals surface area contributed by atoms with Crippen molar-refractivity contribution >= 4 is 33.8 Å². The maximum absolute atomic E-state index is 10.6. The van der Waals surface area contributed by atoms with Crippen LogP contribution in [0.25, 0.3) is 0 Å². The van der Waals surface area contributed by atoms with E-state index in [2.05, 4.69) is 20.6 Å². The Bertz CT molecular complexity index is 649. The Morgan fingerprint density at radius 3 is 2.75 bits per heavy atom. The highest BCUT2D eigenvalue weighted by Gasteiger charge is 2.24. The second kappa shape index (κ2) is 8.46. The molecule has 132 valence electrons. The van der Waals surface area contributed by atoms with E-state index in [1.54, 1.807) is 29.6 Å². The van der Waals surface area contributed by atoms with E-state index in [4.69, 9.17) is 0 Å². The molecule has 0 saturated carbocycles. The Kier molecular flexibility index (Phi) is 6.59. The van der Waals surface area contributed by atoms with Gasteiger partial charge in [-0.25, -0.2) is 9.98 Å². The lowest BCUT2D eigenvalue weighted by Crippen LogP contribution is -2.44. The number of hydrogen-bond donors (Lipinski definition) is 3. The van der Waals surface area contributed by atoms with E-state index >= 15 is 0 Å². The van der Waals surface area contributed by atoms with Crippen LogP contribution in [0.15, 0.2) is 27.9 Å². The van der Waals surface area contributed by atoms with E-state index in [0.717, 1.165) is 22.2 Å². The normalized spacial score (nSPS) is 14.3. The maximum atomic E-state index is 10.6. The lowest BCUT2D eigenvalue weighted by atomic mass is 10.1. The summed E-state index contributed by atoms with van der Waals surface area (Å²) in [6.45, 7) is 5.47. The molecular weight excluding hydrogens is 342 g/mol. The van der Waals surface area contributed by atoms with E-state index in [1.165, 1.54) is 0 Å². The zero-order valence-corrected chi connectivity index (χ0v) is 16.2. The topological polar surface area (TPSA) is 72.8 Å². The smallest absolute Gasteiger partial charge is 0.191 e. The van der Waals surface area contributed by atoms with E-state index < -0.39 is 5.60 Å². The molecule has 2 heterocycles. The second-order valence-corrected chi connectivity index (χ2v) is 7.60. The summed E-state index contributed by atoms with van der Waals surface area (Å²) in [6.07, 6.45) is 0. The highest BCUT2D eigenvalue weighted by Crippen LogP contribution is 2.24. The quantitative estimate of drug-likeness (QED) is 0.517. The van der Waals surface area contributed by atoms with Crippen LogP contribution in [0, 0.1) is 0 Å². The largest absolute Gasteiger partial charge is 0.383 e. The van der Waals surface area contributed by atoms with Crippen LogP contribution < -0.4 is 15.5 Å². The Balaban J connectivity index is 1.97. The molecule has 2 aromatic rings. The molecule has 0 amide bonds. The Labute approximate surface area is 151 Å². The molecular formula is C16H25N5OS2. The molecule has 0 radical (unpaired) electrons. The fraction of sp³-hybridized carbons (Fsp3) is 0.500. The predicted octanol–water partition coefficient (Wildman–Crippen LogP) is 2.23. The first-order valence-corrected chi connectivity index (χ1v) is 9.58. The van der Waals surface area contributed by atoms with E-state index in [9.17, 15) is 5.11 Å². The Morgan fingerprint density at radius 1 is 1.38 bits per heavy atom. The summed E-state index contributed by atoms with van der Waals surface area (Å²) in [4.78, 5) is 12.0. The molecule has 1 atom stereocenters. The summed E-state index contributed by atoms with van der Waals surface area (Å²) >= 11 is 3.15. The van der Waals surface area contributed by atoms with Crippen LogP contribution in [-0.4, -0.2) is 43.2 Å². The van der Waals surface area contributed by atoms with Gasteiger partial charge in [-0.05, 0) is 25.3 Å². The highest BCUT2D eigenvalue weighted by atomic mass is 32.1. The fourth-order valence-corrected chi connectivity index (χ4v) is 3.54. The van der Waals surface area contributed by atoms with Crippen LogP contribution >= 0.6 is 22.7 Å². The van der Waals surface area contributed by atoms with Crippen molar-refractivity contribution in [2.75, 3.05) is 32.1 Å². The number of anilines is 1. The van der Waals surface area contributed by atoms with Crippen LogP contribution in [0.2, 0.25) is 0 Å². The molecule has 0 saturated heterocycles. The minimum absolute atomic E-state index is 0.388. The number of thiophene rings is 1. The maximum Gasteiger partial charge on any atom is 0.191 e. The molecule has 6 nitrogen and oxygen atoms in total. The predicted molar refractivity (Wildman–Crippen MR) is 103 cm³/mol. The molecule has 0 spiro atoms. The van der Waals surface area contributed by atoms with Crippen molar-refractivity contribution in [3.63, 3.8) is 0 Å². The summed E-state index contributed by atoms with van der Waals surface area (Å²) < 4.78 is 0. The Hall–Kier alpha value is -1.64. The van der Waals surface area contributed by atoms with E-state index in [-0.39, 0.29) is 0 Å². The van der Waals surface area contributed by atoms with E-state index in [0.29, 0.717) is 19.0 Å². The first kappa shape index (κ1) is 18.7. The van der Waals surface area contributed by atoms with Crippen LogP contribution in [0.4, 0.5) is 5.13 Å². The third kappa shape index (κ3) is 5.19. The van der Waals surface area contributed by atoms with Crippen LogP contribution in [-0.2, 0) is 12.1 Å². The minimum atomic E-state index is -0.927. The number of aliphatic hydroxyl groups is 1. The first-order valence-electron chi connectivity index (χ1n) is 7.82. The number of thiazole rings is 1. The van der Waals surface area contributed by atoms with Crippen LogP contribution in [0.3, 0.4) is 0 Å². The molecule has 2 rings (SSSR count). The molecule has 1 unspecified atom stereocenters. The summed E-state index contributed by atoms with van der Waals surface area (Å²) in [5, 5.41) is 22.0. The number of guanidine groups is 1. The number of hydrogen-bond acceptors (Lipinski definition) is 6. The molecule has 24 heavy (non-hydrogen) atoms. The van der Waals surface area contributed by atoms with Crippen molar-refractivity contribution in [2.24, 2.45) is 4.99 Å². The fourth-order valence-electron chi connectivity index (χ4n) is 2.00. The standard InChI is InChI=1S/C16H25N5OS2/c1-5-17-14(18-9-12-10-24-15(20-12)21(3)4)19-11-16(2,22)13-7-6-8-23-13/h6-8,10,22H,5,9,11H2,1-4H3,(H2,17,18,19). The third-order valence-corrected chi connectivity index (χ3v) is 5.50. The van der Waals surface area contributed by atoms with Gasteiger partial charge in [-0.3, -0.25) is 0 Å². The van der Waals surface area contributed by atoms with Gasteiger partial charge in [-0.15, -0.1) is 22.7 Å². The first-order chi connectivity index (χ1) is 11.4. The van der Waals surface area contributed by atoms with Crippen molar-refractivity contribution in [3.05, 3.63) is 33.5 Å². The lowest BCUT2D eigenvalue weighted by Gasteiger charge is -2.23. The van der Waals surface area contributed by atoms with Crippen molar-refractivity contribution in [1.82, 2.24) is 15.6 Å². The lowest BCUT2D eigenvalue weighted by molar-refractivity contribution is 0.0655. The van der Waals surface area contributed by atoms with Gasteiger partial charge in [0.2, 0.25) is 0 Å². The summed E-state index contributed by atoms with van der Waals surface area (Å²) in [7, 11) is 3.95. The Morgan fingerprint density at radius 2 is 2.17 bits per heavy atom. The van der Waals surface area contributed by atoms with Crippen molar-refractivity contribution in [2.45, 2.75) is 26.0 Å². The molecule has 0 aliphatic rings. The molecule has 0 aliphatic carbocycles. The highest BCUT2D eigenvalue weighted by molar-refractivity contribution is 7.13. The van der Waals surface area contributed by atoms with Gasteiger partial charge in [-0.1, -0.05) is 6.07 Å². The van der Waals surface area contributed by atoms with Gasteiger partial charge in [0.15, 0.2) is 11.1 Å². The molecule has 2 aromatic heterocycles. The second-order valence-electron chi connectivity index (χ2n) is 5.82. The van der Waals surface area contributed by atoms with Crippen molar-refractivity contribution in [1.29, 1.82) is 0 Å². The van der Waals surface area contributed by atoms with Gasteiger partial charge >= 0.3 is 0 Å². The SMILES string of the molecule is CCNC(=NCc1csc(N(C)C)n1)NCC(C)(O)c1cccs1. The van der Waals surface area contributed by atoms with Crippen LogP contribution in [0.1, 0.15) is 24.4 Å². The average Bonchev–Trinajstić information content (AvgIpc) is 3.21. The number of rotatable bonds is 7. The van der Waals surface area contributed by atoms with Crippen molar-refractivity contribution < 1.29 is 5.11 Å². The van der Waals surface area contributed by atoms with Gasteiger partial charge in [0.25, 0.3) is 0 Å². The van der Waals surface area contributed by atoms with Gasteiger partial charge in [-0.2, -0.15) is 0 Å². The van der Waals surface area contributed by atoms with E-state index in [1.807, 2.05) is 48.8 Å².